The van der Waals surface area contributed by atoms with Crippen molar-refractivity contribution in [3.8, 4) is 0 Å². The summed E-state index contributed by atoms with van der Waals surface area (Å²) in [4.78, 5) is 25.7. The molecule has 0 saturated heterocycles. The fraction of sp³-hybridized carbons (Fsp3) is 0.850. The number of rotatable bonds is 2. The molecule has 6 fully saturated rings. The van der Waals surface area contributed by atoms with Gasteiger partial charge in [-0.3, -0.25) is 9.59 Å². The highest BCUT2D eigenvalue weighted by atomic mass is 16.3. The number of Topliss-reactive ketones (excluding diaryl/α,β-unsaturated/α-hetero) is 2. The molecule has 0 heterocycles. The topological polar surface area (TPSA) is 115 Å². The first-order valence-electron chi connectivity index (χ1n) is 18.3. The number of hydrogen-bond acceptors (Lipinski definition) is 6. The zero-order valence-corrected chi connectivity index (χ0v) is 30.0. The molecule has 4 bridgehead atoms. The van der Waals surface area contributed by atoms with Crippen LogP contribution in [-0.4, -0.2) is 56.4 Å². The average molecular weight is 641 g/mol. The van der Waals surface area contributed by atoms with Gasteiger partial charge in [0, 0.05) is 46.3 Å². The molecule has 6 saturated carbocycles. The second kappa shape index (κ2) is 11.6. The van der Waals surface area contributed by atoms with E-state index in [1.54, 1.807) is 0 Å². The fourth-order valence-electron chi connectivity index (χ4n) is 12.7. The van der Waals surface area contributed by atoms with E-state index in [4.69, 9.17) is 0 Å². The Hall–Kier alpha value is -1.34. The minimum atomic E-state index is -0.589. The van der Waals surface area contributed by atoms with Gasteiger partial charge in [-0.15, -0.1) is 13.2 Å². The largest absolute Gasteiger partial charge is 0.392 e. The molecule has 6 nitrogen and oxygen atoms in total. The minimum Gasteiger partial charge on any atom is -0.392 e. The summed E-state index contributed by atoms with van der Waals surface area (Å²) in [6.45, 7) is 24.7. The molecule has 0 aliphatic heterocycles. The monoisotopic (exact) mass is 640 g/mol. The van der Waals surface area contributed by atoms with Crippen molar-refractivity contribution in [2.24, 2.45) is 68.0 Å². The van der Waals surface area contributed by atoms with Gasteiger partial charge in [0.05, 0.1) is 24.4 Å². The standard InChI is InChI=1S/2C20H32O3/c2*1-6-18(4)11-15(22)19(5)12(2)7-9-20(13(3)17(18)23)10-8-14(21)16(19)20/h2*6,12-13,15-17,22-23H,1,7-11H2,2-5H3/t2*12?,13-,15+,16?,17-,18+,19-,20-/m00/s1. The van der Waals surface area contributed by atoms with E-state index < -0.39 is 46.1 Å². The van der Waals surface area contributed by atoms with Gasteiger partial charge in [-0.05, 0) is 85.9 Å². The molecule has 6 aliphatic rings. The Kier molecular flexibility index (Phi) is 9.09. The third kappa shape index (κ3) is 4.62. The van der Waals surface area contributed by atoms with E-state index in [9.17, 15) is 30.0 Å². The van der Waals surface area contributed by atoms with Crippen LogP contribution < -0.4 is 0 Å². The van der Waals surface area contributed by atoms with E-state index in [1.165, 1.54) is 0 Å². The number of carbonyl (C=O) groups excluding carboxylic acids is 2. The number of ketones is 2. The Morgan fingerprint density at radius 3 is 1.24 bits per heavy atom. The van der Waals surface area contributed by atoms with Crippen LogP contribution in [-0.2, 0) is 9.59 Å². The number of carbonyl (C=O) groups is 2. The lowest BCUT2D eigenvalue weighted by Crippen LogP contribution is -2.62. The Balaban J connectivity index is 0.000000181. The van der Waals surface area contributed by atoms with E-state index in [-0.39, 0.29) is 34.5 Å². The van der Waals surface area contributed by atoms with E-state index in [1.807, 2.05) is 26.0 Å². The molecule has 6 heteroatoms. The summed E-state index contributed by atoms with van der Waals surface area (Å²) >= 11 is 0. The first kappa shape index (κ1) is 36.0. The van der Waals surface area contributed by atoms with Crippen LogP contribution in [0.2, 0.25) is 0 Å². The lowest BCUT2D eigenvalue weighted by molar-refractivity contribution is -0.191. The van der Waals surface area contributed by atoms with E-state index in [0.29, 0.717) is 49.1 Å². The normalized spacial score (nSPS) is 56.6. The SMILES string of the molecule is C=C[C@]1(C)C[C@@H](O)[C@]2(C)C(C)CC[C@]3(CCC(=O)C32)[C@@H](C)[C@@H]1O.C=C[C@]1(C)C[C@@H](O)[C@]2(C)C(C)CC[C@]3(CCC(=O)C32)[C@@H](C)[C@@H]1O. The summed E-state index contributed by atoms with van der Waals surface area (Å²) in [6.07, 6.45) is 9.20. The summed E-state index contributed by atoms with van der Waals surface area (Å²) in [5.41, 5.74) is -2.15. The van der Waals surface area contributed by atoms with Crippen LogP contribution in [0.5, 0.6) is 0 Å². The molecule has 0 aromatic heterocycles. The second-order valence-corrected chi connectivity index (χ2v) is 18.2. The van der Waals surface area contributed by atoms with Gasteiger partial charge in [0.15, 0.2) is 0 Å². The van der Waals surface area contributed by atoms with Crippen molar-refractivity contribution < 1.29 is 30.0 Å². The first-order chi connectivity index (χ1) is 21.3. The molecule has 0 aromatic rings. The average Bonchev–Trinajstić information content (AvgIpc) is 3.57. The Labute approximate surface area is 278 Å². The Morgan fingerprint density at radius 2 is 0.935 bits per heavy atom. The highest BCUT2D eigenvalue weighted by Gasteiger charge is 2.68. The van der Waals surface area contributed by atoms with Crippen molar-refractivity contribution in [2.45, 2.75) is 144 Å². The summed E-state index contributed by atoms with van der Waals surface area (Å²) in [7, 11) is 0. The Morgan fingerprint density at radius 1 is 0.609 bits per heavy atom. The second-order valence-electron chi connectivity index (χ2n) is 18.2. The molecule has 16 atom stereocenters. The van der Waals surface area contributed by atoms with Gasteiger partial charge < -0.3 is 20.4 Å². The summed E-state index contributed by atoms with van der Waals surface area (Å²) in [5.74, 6) is 1.09. The van der Waals surface area contributed by atoms with Crippen molar-refractivity contribution in [2.75, 3.05) is 0 Å². The van der Waals surface area contributed by atoms with E-state index >= 15 is 0 Å². The van der Waals surface area contributed by atoms with Gasteiger partial charge in [-0.1, -0.05) is 67.5 Å². The molecule has 46 heavy (non-hydrogen) atoms. The Bertz CT molecular complexity index is 1150. The molecule has 0 aromatic carbocycles. The van der Waals surface area contributed by atoms with Crippen LogP contribution in [0.25, 0.3) is 0 Å². The molecular formula is C40H64O6. The maximum Gasteiger partial charge on any atom is 0.137 e. The highest BCUT2D eigenvalue weighted by Crippen LogP contribution is 2.69. The lowest BCUT2D eigenvalue weighted by atomic mass is 9.44. The molecular weight excluding hydrogens is 576 g/mol. The van der Waals surface area contributed by atoms with Crippen LogP contribution in [0, 0.1) is 68.0 Å². The third-order valence-corrected chi connectivity index (χ3v) is 16.7. The number of hydrogen-bond donors (Lipinski definition) is 4. The van der Waals surface area contributed by atoms with Crippen molar-refractivity contribution >= 4 is 11.6 Å². The zero-order valence-electron chi connectivity index (χ0n) is 30.0. The number of aliphatic hydroxyl groups excluding tert-OH is 4. The molecule has 6 aliphatic carbocycles. The summed E-state index contributed by atoms with van der Waals surface area (Å²) in [6, 6.07) is 0. The van der Waals surface area contributed by atoms with Crippen molar-refractivity contribution in [3.05, 3.63) is 25.3 Å². The van der Waals surface area contributed by atoms with Gasteiger partial charge in [-0.2, -0.15) is 0 Å². The predicted octanol–water partition coefficient (Wildman–Crippen LogP) is 6.68. The van der Waals surface area contributed by atoms with Gasteiger partial charge in [0.1, 0.15) is 11.6 Å². The van der Waals surface area contributed by atoms with Crippen molar-refractivity contribution in [3.63, 3.8) is 0 Å². The highest BCUT2D eigenvalue weighted by molar-refractivity contribution is 5.86. The van der Waals surface area contributed by atoms with Gasteiger partial charge in [0.2, 0.25) is 0 Å². The molecule has 0 spiro atoms. The lowest BCUT2D eigenvalue weighted by Gasteiger charge is -2.61. The third-order valence-electron chi connectivity index (χ3n) is 16.7. The van der Waals surface area contributed by atoms with Gasteiger partial charge in [-0.25, -0.2) is 0 Å². The predicted molar refractivity (Wildman–Crippen MR) is 182 cm³/mol. The van der Waals surface area contributed by atoms with Crippen LogP contribution in [0.15, 0.2) is 25.3 Å². The van der Waals surface area contributed by atoms with Crippen LogP contribution in [0.3, 0.4) is 0 Å². The smallest absolute Gasteiger partial charge is 0.137 e. The van der Waals surface area contributed by atoms with Crippen LogP contribution >= 0.6 is 0 Å². The van der Waals surface area contributed by atoms with E-state index in [2.05, 4.69) is 54.7 Å². The van der Waals surface area contributed by atoms with Crippen molar-refractivity contribution in [1.82, 2.24) is 0 Å². The summed E-state index contributed by atoms with van der Waals surface area (Å²) in [5, 5.41) is 44.6. The molecule has 4 unspecified atom stereocenters. The van der Waals surface area contributed by atoms with Crippen molar-refractivity contribution in [1.29, 1.82) is 0 Å². The minimum absolute atomic E-state index is 0.0428. The maximum absolute atomic E-state index is 12.8. The van der Waals surface area contributed by atoms with E-state index in [0.717, 1.165) is 38.5 Å². The number of aliphatic hydroxyl groups is 4. The van der Waals surface area contributed by atoms with Crippen LogP contribution in [0.4, 0.5) is 0 Å². The molecule has 0 radical (unpaired) electrons. The quantitative estimate of drug-likeness (QED) is 0.250. The van der Waals surface area contributed by atoms with Crippen LogP contribution in [0.1, 0.15) is 120 Å². The van der Waals surface area contributed by atoms with Gasteiger partial charge in [0.25, 0.3) is 0 Å². The fourth-order valence-corrected chi connectivity index (χ4v) is 12.7. The zero-order chi connectivity index (χ0) is 34.4. The molecule has 6 rings (SSSR count). The maximum atomic E-state index is 12.8. The first-order valence-corrected chi connectivity index (χ1v) is 18.3. The molecule has 0 amide bonds. The molecule has 260 valence electrons. The van der Waals surface area contributed by atoms with Gasteiger partial charge >= 0.3 is 0 Å². The molecule has 4 N–H and O–H groups in total. The summed E-state index contributed by atoms with van der Waals surface area (Å²) < 4.78 is 0.